The Morgan fingerprint density at radius 2 is 1.73 bits per heavy atom. The minimum Gasteiger partial charge on any atom is -0.497 e. The number of likely N-dealkylation sites (N-methyl/N-ethyl adjacent to an activating group) is 1. The lowest BCUT2D eigenvalue weighted by Gasteiger charge is -2.22. The molecule has 0 radical (unpaired) electrons. The fourth-order valence-corrected chi connectivity index (χ4v) is 3.26. The summed E-state index contributed by atoms with van der Waals surface area (Å²) in [7, 11) is 8.73. The molecule has 2 aromatic rings. The summed E-state index contributed by atoms with van der Waals surface area (Å²) in [5.41, 5.74) is 2.25. The quantitative estimate of drug-likeness (QED) is 0.289. The minimum atomic E-state index is 0. The summed E-state index contributed by atoms with van der Waals surface area (Å²) in [5, 5.41) is 4.10. The number of guanidine groups is 1. The smallest absolute Gasteiger partial charge is 0.193 e. The van der Waals surface area contributed by atoms with E-state index in [0.717, 1.165) is 54.7 Å². The van der Waals surface area contributed by atoms with Crippen LogP contribution in [0.25, 0.3) is 0 Å². The molecular formula is C22H31ClIN3O3. The SMILES string of the molecule is CN=C(NCCc1ccc(OC)cc1Cl)N(C)CCc1ccc(OC)c(OC)c1.I. The first-order valence-electron chi connectivity index (χ1n) is 9.47. The molecule has 0 saturated heterocycles. The minimum absolute atomic E-state index is 0. The van der Waals surface area contributed by atoms with Crippen LogP contribution in [0.5, 0.6) is 17.2 Å². The third kappa shape index (κ3) is 7.43. The van der Waals surface area contributed by atoms with E-state index < -0.39 is 0 Å². The molecule has 0 aliphatic rings. The van der Waals surface area contributed by atoms with E-state index in [1.54, 1.807) is 28.4 Å². The zero-order chi connectivity index (χ0) is 21.2. The van der Waals surface area contributed by atoms with Crippen LogP contribution in [-0.4, -0.2) is 59.4 Å². The second-order valence-corrected chi connectivity index (χ2v) is 6.95. The summed E-state index contributed by atoms with van der Waals surface area (Å²) in [6.45, 7) is 1.55. The van der Waals surface area contributed by atoms with Gasteiger partial charge in [-0.15, -0.1) is 24.0 Å². The Bertz CT molecular complexity index is 833. The molecule has 0 atom stereocenters. The van der Waals surface area contributed by atoms with E-state index in [1.807, 2.05) is 37.4 Å². The lowest BCUT2D eigenvalue weighted by atomic mass is 10.1. The van der Waals surface area contributed by atoms with Crippen molar-refractivity contribution < 1.29 is 14.2 Å². The number of hydrogen-bond acceptors (Lipinski definition) is 4. The first-order valence-corrected chi connectivity index (χ1v) is 9.85. The number of nitrogens with zero attached hydrogens (tertiary/aromatic N) is 2. The molecule has 0 aliphatic heterocycles. The van der Waals surface area contributed by atoms with E-state index in [-0.39, 0.29) is 24.0 Å². The van der Waals surface area contributed by atoms with Crippen molar-refractivity contribution in [3.8, 4) is 17.2 Å². The van der Waals surface area contributed by atoms with Crippen molar-refractivity contribution in [2.75, 3.05) is 48.5 Å². The van der Waals surface area contributed by atoms with Crippen molar-refractivity contribution in [2.24, 2.45) is 4.99 Å². The number of halogens is 2. The average molecular weight is 548 g/mol. The highest BCUT2D eigenvalue weighted by molar-refractivity contribution is 14.0. The number of ether oxygens (including phenoxy) is 3. The van der Waals surface area contributed by atoms with Crippen molar-refractivity contribution >= 4 is 41.5 Å². The molecule has 1 N–H and O–H groups in total. The summed E-state index contributed by atoms with van der Waals surface area (Å²) in [4.78, 5) is 6.48. The first-order chi connectivity index (χ1) is 14.0. The molecule has 2 rings (SSSR count). The Balaban J connectivity index is 0.00000450. The molecule has 0 fully saturated rings. The molecular weight excluding hydrogens is 517 g/mol. The summed E-state index contributed by atoms with van der Waals surface area (Å²) < 4.78 is 15.9. The standard InChI is InChI=1S/C22H30ClN3O3.HI/c1-24-22(25-12-10-17-7-8-18(27-3)15-19(17)23)26(2)13-11-16-6-9-20(28-4)21(14-16)29-5;/h6-9,14-15H,10-13H2,1-5H3,(H,24,25);1H. The van der Waals surface area contributed by atoms with Gasteiger partial charge in [0, 0.05) is 32.2 Å². The lowest BCUT2D eigenvalue weighted by molar-refractivity contribution is 0.354. The molecule has 0 aromatic heterocycles. The fourth-order valence-electron chi connectivity index (χ4n) is 2.99. The van der Waals surface area contributed by atoms with Crippen molar-refractivity contribution in [2.45, 2.75) is 12.8 Å². The van der Waals surface area contributed by atoms with Gasteiger partial charge in [-0.3, -0.25) is 4.99 Å². The van der Waals surface area contributed by atoms with E-state index >= 15 is 0 Å². The van der Waals surface area contributed by atoms with Crippen LogP contribution in [0.4, 0.5) is 0 Å². The summed E-state index contributed by atoms with van der Waals surface area (Å²) >= 11 is 6.32. The summed E-state index contributed by atoms with van der Waals surface area (Å²) in [5.74, 6) is 3.08. The van der Waals surface area contributed by atoms with Crippen LogP contribution in [0.15, 0.2) is 41.4 Å². The first kappa shape index (κ1) is 26.2. The lowest BCUT2D eigenvalue weighted by Crippen LogP contribution is -2.40. The van der Waals surface area contributed by atoms with Gasteiger partial charge in [0.1, 0.15) is 5.75 Å². The maximum absolute atomic E-state index is 6.32. The second kappa shape index (κ2) is 13.4. The fraction of sp³-hybridized carbons (Fsp3) is 0.409. The van der Waals surface area contributed by atoms with E-state index in [0.29, 0.717) is 5.02 Å². The van der Waals surface area contributed by atoms with Gasteiger partial charge >= 0.3 is 0 Å². The van der Waals surface area contributed by atoms with Gasteiger partial charge < -0.3 is 24.4 Å². The number of hydrogen-bond donors (Lipinski definition) is 1. The monoisotopic (exact) mass is 547 g/mol. The Kier molecular flexibility index (Phi) is 11.7. The van der Waals surface area contributed by atoms with E-state index in [4.69, 9.17) is 25.8 Å². The predicted molar refractivity (Wildman–Crippen MR) is 134 cm³/mol. The van der Waals surface area contributed by atoms with Crippen molar-refractivity contribution in [3.63, 3.8) is 0 Å². The van der Waals surface area contributed by atoms with E-state index in [1.165, 1.54) is 5.56 Å². The van der Waals surface area contributed by atoms with Gasteiger partial charge in [-0.2, -0.15) is 0 Å². The molecule has 0 heterocycles. The number of methoxy groups -OCH3 is 3. The molecule has 2 aromatic carbocycles. The molecule has 0 saturated carbocycles. The molecule has 0 unspecified atom stereocenters. The van der Waals surface area contributed by atoms with Gasteiger partial charge in [-0.25, -0.2) is 0 Å². The predicted octanol–water partition coefficient (Wildman–Crippen LogP) is 4.28. The van der Waals surface area contributed by atoms with Crippen LogP contribution in [-0.2, 0) is 12.8 Å². The number of rotatable bonds is 9. The highest BCUT2D eigenvalue weighted by Gasteiger charge is 2.09. The Hall–Kier alpha value is -1.87. The van der Waals surface area contributed by atoms with Crippen LogP contribution in [0.2, 0.25) is 5.02 Å². The molecule has 8 heteroatoms. The molecule has 0 spiro atoms. The highest BCUT2D eigenvalue weighted by atomic mass is 127. The van der Waals surface area contributed by atoms with Gasteiger partial charge in [0.15, 0.2) is 17.5 Å². The molecule has 0 aliphatic carbocycles. The van der Waals surface area contributed by atoms with Crippen molar-refractivity contribution in [1.82, 2.24) is 10.2 Å². The van der Waals surface area contributed by atoms with Gasteiger partial charge in [-0.1, -0.05) is 23.7 Å². The van der Waals surface area contributed by atoms with Crippen LogP contribution in [0.1, 0.15) is 11.1 Å². The van der Waals surface area contributed by atoms with Crippen LogP contribution < -0.4 is 19.5 Å². The highest BCUT2D eigenvalue weighted by Crippen LogP contribution is 2.27. The number of aliphatic imine (C=N–C) groups is 1. The average Bonchev–Trinajstić information content (AvgIpc) is 2.75. The van der Waals surface area contributed by atoms with Crippen LogP contribution >= 0.6 is 35.6 Å². The Labute approximate surface area is 201 Å². The summed E-state index contributed by atoms with van der Waals surface area (Å²) in [6, 6.07) is 11.7. The maximum atomic E-state index is 6.32. The largest absolute Gasteiger partial charge is 0.497 e. The third-order valence-electron chi connectivity index (χ3n) is 4.69. The van der Waals surface area contributed by atoms with Gasteiger partial charge in [0.05, 0.1) is 21.3 Å². The van der Waals surface area contributed by atoms with Crippen molar-refractivity contribution in [1.29, 1.82) is 0 Å². The van der Waals surface area contributed by atoms with Gasteiger partial charge in [0.2, 0.25) is 0 Å². The summed E-state index contributed by atoms with van der Waals surface area (Å²) in [6.07, 6.45) is 1.66. The molecule has 166 valence electrons. The van der Waals surface area contributed by atoms with E-state index in [2.05, 4.69) is 21.3 Å². The zero-order valence-electron chi connectivity index (χ0n) is 18.2. The normalized spacial score (nSPS) is 10.8. The zero-order valence-corrected chi connectivity index (χ0v) is 21.3. The maximum Gasteiger partial charge on any atom is 0.193 e. The Morgan fingerprint density at radius 1 is 1.00 bits per heavy atom. The third-order valence-corrected chi connectivity index (χ3v) is 5.05. The number of nitrogens with one attached hydrogen (secondary N) is 1. The Morgan fingerprint density at radius 3 is 2.33 bits per heavy atom. The molecule has 6 nitrogen and oxygen atoms in total. The molecule has 0 amide bonds. The molecule has 0 bridgehead atoms. The van der Waals surface area contributed by atoms with Gasteiger partial charge in [-0.05, 0) is 48.2 Å². The van der Waals surface area contributed by atoms with Crippen molar-refractivity contribution in [3.05, 3.63) is 52.5 Å². The van der Waals surface area contributed by atoms with Gasteiger partial charge in [0.25, 0.3) is 0 Å². The van der Waals surface area contributed by atoms with Crippen LogP contribution in [0, 0.1) is 0 Å². The van der Waals surface area contributed by atoms with Crippen LogP contribution in [0.3, 0.4) is 0 Å². The second-order valence-electron chi connectivity index (χ2n) is 6.54. The topological polar surface area (TPSA) is 55.3 Å². The number of benzene rings is 2. The van der Waals surface area contributed by atoms with E-state index in [9.17, 15) is 0 Å². The molecule has 30 heavy (non-hydrogen) atoms.